The Morgan fingerprint density at radius 2 is 2.11 bits per heavy atom. The number of hydrogen-bond donors (Lipinski definition) is 1. The lowest BCUT2D eigenvalue weighted by Gasteiger charge is -2.30. The van der Waals surface area contributed by atoms with Gasteiger partial charge in [0, 0.05) is 30.4 Å². The summed E-state index contributed by atoms with van der Waals surface area (Å²) in [4.78, 5) is 15.0. The molecule has 0 unspecified atom stereocenters. The maximum Gasteiger partial charge on any atom is 0.255 e. The van der Waals surface area contributed by atoms with Gasteiger partial charge in [0.25, 0.3) is 5.91 Å². The van der Waals surface area contributed by atoms with E-state index in [2.05, 4.69) is 35.9 Å². The Labute approximate surface area is 161 Å². The molecule has 2 aromatic carbocycles. The summed E-state index contributed by atoms with van der Waals surface area (Å²) < 4.78 is 5.50. The summed E-state index contributed by atoms with van der Waals surface area (Å²) in [6.45, 7) is 9.67. The molecule has 4 heteroatoms. The highest BCUT2D eigenvalue weighted by Gasteiger charge is 2.16. The van der Waals surface area contributed by atoms with Gasteiger partial charge in [-0.05, 0) is 55.1 Å². The zero-order chi connectivity index (χ0) is 19.1. The van der Waals surface area contributed by atoms with E-state index in [0.29, 0.717) is 23.6 Å². The Kier molecular flexibility index (Phi) is 6.66. The van der Waals surface area contributed by atoms with Crippen molar-refractivity contribution in [3.63, 3.8) is 0 Å². The van der Waals surface area contributed by atoms with Crippen molar-refractivity contribution in [1.29, 1.82) is 0 Å². The van der Waals surface area contributed by atoms with Crippen molar-refractivity contribution in [2.75, 3.05) is 25.0 Å². The van der Waals surface area contributed by atoms with Crippen molar-refractivity contribution < 1.29 is 9.53 Å². The third-order valence-corrected chi connectivity index (χ3v) is 4.82. The fourth-order valence-corrected chi connectivity index (χ4v) is 3.47. The number of ether oxygens (including phenoxy) is 1. The molecule has 1 aliphatic rings. The number of nitrogens with one attached hydrogen (secondary N) is 1. The molecular formula is C23H28N2O2. The van der Waals surface area contributed by atoms with Gasteiger partial charge in [-0.15, -0.1) is 0 Å². The lowest BCUT2D eigenvalue weighted by atomic mass is 9.99. The van der Waals surface area contributed by atoms with Crippen molar-refractivity contribution >= 4 is 11.6 Å². The molecule has 0 saturated carbocycles. The lowest BCUT2D eigenvalue weighted by Crippen LogP contribution is -2.33. The summed E-state index contributed by atoms with van der Waals surface area (Å²) in [6, 6.07) is 15.3. The van der Waals surface area contributed by atoms with E-state index < -0.39 is 0 Å². The van der Waals surface area contributed by atoms with Gasteiger partial charge in [0.15, 0.2) is 0 Å². The average Bonchev–Trinajstić information content (AvgIpc) is 2.67. The van der Waals surface area contributed by atoms with Gasteiger partial charge in [-0.25, -0.2) is 0 Å². The van der Waals surface area contributed by atoms with Crippen LogP contribution in [0.15, 0.2) is 61.2 Å². The number of anilines is 1. The van der Waals surface area contributed by atoms with E-state index in [4.69, 9.17) is 4.74 Å². The third kappa shape index (κ3) is 5.69. The van der Waals surface area contributed by atoms with Crippen molar-refractivity contribution in [1.82, 2.24) is 4.90 Å². The minimum absolute atomic E-state index is 0.117. The molecule has 0 aromatic heterocycles. The van der Waals surface area contributed by atoms with Crippen molar-refractivity contribution in [3.05, 3.63) is 72.3 Å². The van der Waals surface area contributed by atoms with Crippen LogP contribution in [0.1, 0.15) is 35.7 Å². The lowest BCUT2D eigenvalue weighted by molar-refractivity contribution is 0.102. The Morgan fingerprint density at radius 3 is 2.85 bits per heavy atom. The van der Waals surface area contributed by atoms with Gasteiger partial charge >= 0.3 is 0 Å². The fourth-order valence-electron chi connectivity index (χ4n) is 3.47. The van der Waals surface area contributed by atoms with Crippen LogP contribution in [0.3, 0.4) is 0 Å². The van der Waals surface area contributed by atoms with Crippen LogP contribution in [0.2, 0.25) is 0 Å². The smallest absolute Gasteiger partial charge is 0.255 e. The highest BCUT2D eigenvalue weighted by molar-refractivity contribution is 6.04. The van der Waals surface area contributed by atoms with E-state index in [1.807, 2.05) is 36.4 Å². The molecule has 3 rings (SSSR count). The van der Waals surface area contributed by atoms with E-state index in [-0.39, 0.29) is 5.91 Å². The summed E-state index contributed by atoms with van der Waals surface area (Å²) >= 11 is 0. The minimum atomic E-state index is -0.117. The molecular weight excluding hydrogens is 336 g/mol. The Bertz CT molecular complexity index is 770. The maximum absolute atomic E-state index is 12.5. The molecule has 1 atom stereocenters. The second-order valence-electron chi connectivity index (χ2n) is 7.26. The molecule has 0 radical (unpaired) electrons. The van der Waals surface area contributed by atoms with E-state index in [9.17, 15) is 4.79 Å². The highest BCUT2D eigenvalue weighted by Crippen LogP contribution is 2.20. The van der Waals surface area contributed by atoms with Crippen LogP contribution in [0.4, 0.5) is 5.69 Å². The number of carbonyl (C=O) groups is 1. The van der Waals surface area contributed by atoms with Crippen LogP contribution >= 0.6 is 0 Å². The molecule has 1 N–H and O–H groups in total. The molecule has 1 heterocycles. The zero-order valence-electron chi connectivity index (χ0n) is 16.0. The Balaban J connectivity index is 1.58. The van der Waals surface area contributed by atoms with Crippen LogP contribution < -0.4 is 10.1 Å². The number of benzene rings is 2. The summed E-state index contributed by atoms with van der Waals surface area (Å²) in [5, 5.41) is 2.93. The minimum Gasteiger partial charge on any atom is -0.489 e. The molecule has 0 spiro atoms. The molecule has 1 amide bonds. The van der Waals surface area contributed by atoms with Crippen LogP contribution in [0, 0.1) is 5.92 Å². The molecule has 0 aliphatic carbocycles. The summed E-state index contributed by atoms with van der Waals surface area (Å²) in [5.74, 6) is 1.36. The Hall–Kier alpha value is -2.59. The number of hydrogen-bond acceptors (Lipinski definition) is 3. The predicted molar refractivity (Wildman–Crippen MR) is 110 cm³/mol. The van der Waals surface area contributed by atoms with Gasteiger partial charge in [-0.3, -0.25) is 9.69 Å². The molecule has 2 aromatic rings. The van der Waals surface area contributed by atoms with Crippen LogP contribution in [-0.2, 0) is 6.54 Å². The molecule has 142 valence electrons. The fraction of sp³-hybridized carbons (Fsp3) is 0.348. The van der Waals surface area contributed by atoms with Crippen molar-refractivity contribution in [3.8, 4) is 5.75 Å². The van der Waals surface area contributed by atoms with Gasteiger partial charge in [-0.2, -0.15) is 0 Å². The first-order valence-electron chi connectivity index (χ1n) is 9.60. The first-order valence-corrected chi connectivity index (χ1v) is 9.60. The topological polar surface area (TPSA) is 41.6 Å². The molecule has 27 heavy (non-hydrogen) atoms. The van der Waals surface area contributed by atoms with Crippen LogP contribution in [0.25, 0.3) is 0 Å². The van der Waals surface area contributed by atoms with E-state index in [1.165, 1.54) is 18.4 Å². The predicted octanol–water partition coefficient (Wildman–Crippen LogP) is 4.74. The summed E-state index contributed by atoms with van der Waals surface area (Å²) in [5.41, 5.74) is 2.62. The number of amides is 1. The Morgan fingerprint density at radius 1 is 1.30 bits per heavy atom. The molecule has 1 fully saturated rings. The molecule has 4 nitrogen and oxygen atoms in total. The number of likely N-dealkylation sites (tertiary alicyclic amines) is 1. The van der Waals surface area contributed by atoms with Gasteiger partial charge in [0.1, 0.15) is 12.4 Å². The summed E-state index contributed by atoms with van der Waals surface area (Å²) in [6.07, 6.45) is 4.30. The number of piperidine rings is 1. The van der Waals surface area contributed by atoms with Crippen LogP contribution in [-0.4, -0.2) is 30.5 Å². The average molecular weight is 364 g/mol. The summed E-state index contributed by atoms with van der Waals surface area (Å²) in [7, 11) is 0. The second kappa shape index (κ2) is 9.38. The quantitative estimate of drug-likeness (QED) is 0.722. The maximum atomic E-state index is 12.5. The third-order valence-electron chi connectivity index (χ3n) is 4.82. The van der Waals surface area contributed by atoms with Gasteiger partial charge in [0.2, 0.25) is 0 Å². The SMILES string of the molecule is C=CCOc1cccc(NC(=O)c2ccc(CN3CCC[C@@H](C)C3)cc2)c1. The first kappa shape index (κ1) is 19.2. The normalized spacial score (nSPS) is 17.3. The molecule has 1 aliphatic heterocycles. The van der Waals surface area contributed by atoms with Gasteiger partial charge in [-0.1, -0.05) is 37.8 Å². The number of carbonyl (C=O) groups excluding carboxylic acids is 1. The molecule has 1 saturated heterocycles. The van der Waals surface area contributed by atoms with Crippen molar-refractivity contribution in [2.45, 2.75) is 26.3 Å². The number of rotatable bonds is 7. The standard InChI is InChI=1S/C23H28N2O2/c1-3-14-27-22-8-4-7-21(15-22)24-23(26)20-11-9-19(10-12-20)17-25-13-5-6-18(2)16-25/h3-4,7-12,15,18H,1,5-6,13-14,16-17H2,2H3,(H,24,26)/t18-/m1/s1. The first-order chi connectivity index (χ1) is 13.1. The second-order valence-corrected chi connectivity index (χ2v) is 7.26. The zero-order valence-corrected chi connectivity index (χ0v) is 16.0. The van der Waals surface area contributed by atoms with E-state index >= 15 is 0 Å². The van der Waals surface area contributed by atoms with E-state index in [0.717, 1.165) is 25.6 Å². The largest absolute Gasteiger partial charge is 0.489 e. The number of nitrogens with zero attached hydrogens (tertiary/aromatic N) is 1. The highest BCUT2D eigenvalue weighted by atomic mass is 16.5. The van der Waals surface area contributed by atoms with Crippen LogP contribution in [0.5, 0.6) is 5.75 Å². The molecule has 0 bridgehead atoms. The monoisotopic (exact) mass is 364 g/mol. The van der Waals surface area contributed by atoms with Gasteiger partial charge in [0.05, 0.1) is 0 Å². The van der Waals surface area contributed by atoms with Crippen molar-refractivity contribution in [2.24, 2.45) is 5.92 Å². The van der Waals surface area contributed by atoms with E-state index in [1.54, 1.807) is 6.08 Å². The van der Waals surface area contributed by atoms with Gasteiger partial charge < -0.3 is 10.1 Å².